The Bertz CT molecular complexity index is 804. The standard InChI is InChI=1S/C19H20N2OS2/c1-3-23-16-7-5-4-6-14(16)18(22)21-19-15(11-20)13-9-8-12(2)10-17(13)24-19/h4-7,12H,3,8-10H2,1-2H3,(H,21,22)/t12-/m1/s1. The number of nitriles is 1. The van der Waals surface area contributed by atoms with Crippen molar-refractivity contribution in [1.82, 2.24) is 0 Å². The molecule has 1 amide bonds. The molecule has 0 unspecified atom stereocenters. The number of thiophene rings is 1. The predicted molar refractivity (Wildman–Crippen MR) is 101 cm³/mol. The average molecular weight is 357 g/mol. The van der Waals surface area contributed by atoms with Crippen molar-refractivity contribution < 1.29 is 4.79 Å². The van der Waals surface area contributed by atoms with Gasteiger partial charge in [0.1, 0.15) is 11.1 Å². The van der Waals surface area contributed by atoms with Gasteiger partial charge in [-0.2, -0.15) is 5.26 Å². The minimum absolute atomic E-state index is 0.130. The highest BCUT2D eigenvalue weighted by Crippen LogP contribution is 2.39. The number of carbonyl (C=O) groups excluding carboxylic acids is 1. The zero-order valence-corrected chi connectivity index (χ0v) is 15.5. The van der Waals surface area contributed by atoms with Crippen molar-refractivity contribution in [3.05, 3.63) is 45.8 Å². The second-order valence-corrected chi connectivity index (χ2v) is 8.46. The number of amides is 1. The minimum atomic E-state index is -0.130. The van der Waals surface area contributed by atoms with Crippen LogP contribution in [0.15, 0.2) is 29.2 Å². The number of hydrogen-bond donors (Lipinski definition) is 1. The normalized spacial score (nSPS) is 16.3. The Hall–Kier alpha value is -1.77. The van der Waals surface area contributed by atoms with E-state index in [0.29, 0.717) is 22.0 Å². The number of rotatable bonds is 4. The van der Waals surface area contributed by atoms with Crippen molar-refractivity contribution in [2.45, 2.75) is 38.0 Å². The Morgan fingerprint density at radius 2 is 2.25 bits per heavy atom. The maximum Gasteiger partial charge on any atom is 0.257 e. The summed E-state index contributed by atoms with van der Waals surface area (Å²) in [4.78, 5) is 15.0. The maximum atomic E-state index is 12.7. The van der Waals surface area contributed by atoms with Crippen LogP contribution in [0.2, 0.25) is 0 Å². The minimum Gasteiger partial charge on any atom is -0.312 e. The molecule has 124 valence electrons. The van der Waals surface area contributed by atoms with Gasteiger partial charge in [-0.15, -0.1) is 23.1 Å². The largest absolute Gasteiger partial charge is 0.312 e. The molecule has 0 aliphatic heterocycles. The van der Waals surface area contributed by atoms with Gasteiger partial charge < -0.3 is 5.32 Å². The van der Waals surface area contributed by atoms with Gasteiger partial charge >= 0.3 is 0 Å². The molecule has 1 heterocycles. The van der Waals surface area contributed by atoms with E-state index < -0.39 is 0 Å². The second kappa shape index (κ2) is 7.42. The van der Waals surface area contributed by atoms with E-state index >= 15 is 0 Å². The first-order chi connectivity index (χ1) is 11.6. The molecule has 0 radical (unpaired) electrons. The van der Waals surface area contributed by atoms with Crippen molar-refractivity contribution in [2.75, 3.05) is 11.1 Å². The van der Waals surface area contributed by atoms with Crippen molar-refractivity contribution in [3.8, 4) is 6.07 Å². The predicted octanol–water partition coefficient (Wildman–Crippen LogP) is 5.11. The van der Waals surface area contributed by atoms with Crippen LogP contribution in [0.4, 0.5) is 5.00 Å². The van der Waals surface area contributed by atoms with Gasteiger partial charge in [0.15, 0.2) is 0 Å². The summed E-state index contributed by atoms with van der Waals surface area (Å²) in [7, 11) is 0. The van der Waals surface area contributed by atoms with Crippen LogP contribution in [0.1, 0.15) is 46.6 Å². The summed E-state index contributed by atoms with van der Waals surface area (Å²) in [6.07, 6.45) is 3.06. The molecule has 1 atom stereocenters. The molecule has 24 heavy (non-hydrogen) atoms. The number of anilines is 1. The van der Waals surface area contributed by atoms with E-state index in [1.165, 1.54) is 4.88 Å². The van der Waals surface area contributed by atoms with Crippen LogP contribution in [0, 0.1) is 17.2 Å². The third-order valence-corrected chi connectivity index (χ3v) is 6.41. The highest BCUT2D eigenvalue weighted by Gasteiger charge is 2.25. The van der Waals surface area contributed by atoms with E-state index in [-0.39, 0.29) is 5.91 Å². The molecule has 5 heteroatoms. The quantitative estimate of drug-likeness (QED) is 0.775. The van der Waals surface area contributed by atoms with Crippen LogP contribution >= 0.6 is 23.1 Å². The molecule has 1 N–H and O–H groups in total. The lowest BCUT2D eigenvalue weighted by molar-refractivity contribution is 0.102. The van der Waals surface area contributed by atoms with Crippen molar-refractivity contribution in [3.63, 3.8) is 0 Å². The van der Waals surface area contributed by atoms with E-state index in [1.54, 1.807) is 23.1 Å². The lowest BCUT2D eigenvalue weighted by atomic mass is 9.88. The number of benzene rings is 1. The SMILES string of the molecule is CCSc1ccccc1C(=O)Nc1sc2c(c1C#N)CC[C@@H](C)C2. The fourth-order valence-electron chi connectivity index (χ4n) is 3.06. The van der Waals surface area contributed by atoms with Crippen LogP contribution in [0.3, 0.4) is 0 Å². The van der Waals surface area contributed by atoms with Crippen molar-refractivity contribution in [1.29, 1.82) is 5.26 Å². The summed E-state index contributed by atoms with van der Waals surface area (Å²) in [6.45, 7) is 4.31. The molecule has 1 aromatic carbocycles. The summed E-state index contributed by atoms with van der Waals surface area (Å²) >= 11 is 3.23. The number of nitrogens with zero attached hydrogens (tertiary/aromatic N) is 1. The summed E-state index contributed by atoms with van der Waals surface area (Å²) in [5.41, 5.74) is 2.48. The molecule has 1 aliphatic carbocycles. The molecule has 0 fully saturated rings. The van der Waals surface area contributed by atoms with Gasteiger partial charge in [0, 0.05) is 9.77 Å². The summed E-state index contributed by atoms with van der Waals surface area (Å²) in [5.74, 6) is 1.43. The summed E-state index contributed by atoms with van der Waals surface area (Å²) in [5, 5.41) is 13.3. The van der Waals surface area contributed by atoms with E-state index in [0.717, 1.165) is 35.5 Å². The zero-order valence-electron chi connectivity index (χ0n) is 13.9. The molecule has 2 aromatic rings. The van der Waals surface area contributed by atoms with Crippen molar-refractivity contribution in [2.24, 2.45) is 5.92 Å². The molecule has 1 aliphatic rings. The van der Waals surface area contributed by atoms with Crippen LogP contribution in [0.25, 0.3) is 0 Å². The van der Waals surface area contributed by atoms with Gasteiger partial charge in [0.25, 0.3) is 5.91 Å². The highest BCUT2D eigenvalue weighted by molar-refractivity contribution is 7.99. The van der Waals surface area contributed by atoms with Gasteiger partial charge in [-0.25, -0.2) is 0 Å². The molecule has 0 bridgehead atoms. The second-order valence-electron chi connectivity index (χ2n) is 6.05. The topological polar surface area (TPSA) is 52.9 Å². The Kier molecular flexibility index (Phi) is 5.27. The van der Waals surface area contributed by atoms with E-state index in [4.69, 9.17) is 0 Å². The van der Waals surface area contributed by atoms with Crippen LogP contribution in [-0.2, 0) is 12.8 Å². The number of hydrogen-bond acceptors (Lipinski definition) is 4. The van der Waals surface area contributed by atoms with Crippen LogP contribution < -0.4 is 5.32 Å². The monoisotopic (exact) mass is 356 g/mol. The fraction of sp³-hybridized carbons (Fsp3) is 0.368. The highest BCUT2D eigenvalue weighted by atomic mass is 32.2. The molecule has 0 spiro atoms. The van der Waals surface area contributed by atoms with E-state index in [2.05, 4.69) is 25.2 Å². The molecule has 0 saturated carbocycles. The first-order valence-corrected chi connectivity index (χ1v) is 10.0. The van der Waals surface area contributed by atoms with Crippen LogP contribution in [0.5, 0.6) is 0 Å². The number of carbonyl (C=O) groups is 1. The maximum absolute atomic E-state index is 12.7. The third kappa shape index (κ3) is 3.35. The first kappa shape index (κ1) is 17.1. The lowest BCUT2D eigenvalue weighted by Crippen LogP contribution is -2.13. The fourth-order valence-corrected chi connectivity index (χ4v) is 5.22. The van der Waals surface area contributed by atoms with E-state index in [1.807, 2.05) is 24.3 Å². The summed E-state index contributed by atoms with van der Waals surface area (Å²) in [6, 6.07) is 9.94. The summed E-state index contributed by atoms with van der Waals surface area (Å²) < 4.78 is 0. The van der Waals surface area contributed by atoms with Crippen LogP contribution in [-0.4, -0.2) is 11.7 Å². The average Bonchev–Trinajstić information content (AvgIpc) is 2.91. The molecule has 0 saturated heterocycles. The van der Waals surface area contributed by atoms with E-state index in [9.17, 15) is 10.1 Å². The first-order valence-electron chi connectivity index (χ1n) is 8.21. The van der Waals surface area contributed by atoms with Gasteiger partial charge in [0.05, 0.1) is 11.1 Å². The number of thioether (sulfide) groups is 1. The zero-order chi connectivity index (χ0) is 17.1. The lowest BCUT2D eigenvalue weighted by Gasteiger charge is -2.17. The molecule has 1 aromatic heterocycles. The molecule has 3 rings (SSSR count). The third-order valence-electron chi connectivity index (χ3n) is 4.28. The Balaban J connectivity index is 1.89. The van der Waals surface area contributed by atoms with Crippen molar-refractivity contribution >= 4 is 34.0 Å². The smallest absolute Gasteiger partial charge is 0.257 e. The molecular weight excluding hydrogens is 336 g/mol. The number of fused-ring (bicyclic) bond motifs is 1. The Labute approximate surface area is 151 Å². The van der Waals surface area contributed by atoms with Gasteiger partial charge in [-0.1, -0.05) is 26.0 Å². The number of nitrogens with one attached hydrogen (secondary N) is 1. The van der Waals surface area contributed by atoms with Gasteiger partial charge in [-0.3, -0.25) is 4.79 Å². The Morgan fingerprint density at radius 3 is 3.00 bits per heavy atom. The van der Waals surface area contributed by atoms with Gasteiger partial charge in [-0.05, 0) is 48.6 Å². The van der Waals surface area contributed by atoms with Gasteiger partial charge in [0.2, 0.25) is 0 Å². The molecular formula is C19H20N2OS2. The molecule has 3 nitrogen and oxygen atoms in total. The Morgan fingerprint density at radius 1 is 1.46 bits per heavy atom.